The van der Waals surface area contributed by atoms with Gasteiger partial charge in [0, 0.05) is 12.2 Å². The van der Waals surface area contributed by atoms with E-state index >= 15 is 0 Å². The van der Waals surface area contributed by atoms with Gasteiger partial charge in [0.15, 0.2) is 0 Å². The molecule has 0 spiro atoms. The molecule has 17 heavy (non-hydrogen) atoms. The Labute approximate surface area is 108 Å². The van der Waals surface area contributed by atoms with E-state index in [1.165, 1.54) is 17.3 Å². The zero-order chi connectivity index (χ0) is 11.7. The molecule has 1 aromatic carbocycles. The molecular formula is C12H11NO2S2. The molecule has 3 rings (SSSR count). The first kappa shape index (κ1) is 11.2. The summed E-state index contributed by atoms with van der Waals surface area (Å²) in [5.74, 6) is 0.834. The summed E-state index contributed by atoms with van der Waals surface area (Å²) >= 11 is 3.24. The van der Waals surface area contributed by atoms with Gasteiger partial charge in [-0.2, -0.15) is 0 Å². The van der Waals surface area contributed by atoms with Crippen LogP contribution in [-0.2, 0) is 15.3 Å². The lowest BCUT2D eigenvalue weighted by Crippen LogP contribution is -2.12. The summed E-state index contributed by atoms with van der Waals surface area (Å²) in [6.07, 6.45) is 0.796. The number of thioether (sulfide) groups is 2. The molecule has 0 aliphatic carbocycles. The molecule has 2 aliphatic rings. The van der Waals surface area contributed by atoms with Crippen molar-refractivity contribution in [3.05, 3.63) is 29.8 Å². The lowest BCUT2D eigenvalue weighted by atomic mass is 10.2. The van der Waals surface area contributed by atoms with Crippen LogP contribution in [0.25, 0.3) is 0 Å². The van der Waals surface area contributed by atoms with E-state index in [-0.39, 0.29) is 11.2 Å². The van der Waals surface area contributed by atoms with E-state index in [1.807, 2.05) is 18.2 Å². The Morgan fingerprint density at radius 2 is 2.29 bits per heavy atom. The van der Waals surface area contributed by atoms with E-state index in [9.17, 15) is 4.79 Å². The molecule has 88 valence electrons. The van der Waals surface area contributed by atoms with E-state index in [2.05, 4.69) is 11.1 Å². The van der Waals surface area contributed by atoms with Crippen LogP contribution in [0, 0.1) is 0 Å². The van der Waals surface area contributed by atoms with Crippen LogP contribution in [0.2, 0.25) is 0 Å². The van der Waals surface area contributed by atoms with Crippen molar-refractivity contribution in [2.45, 2.75) is 17.4 Å². The number of hydrogen-bond donors (Lipinski definition) is 0. The quantitative estimate of drug-likeness (QED) is 0.732. The van der Waals surface area contributed by atoms with Crippen molar-refractivity contribution in [1.29, 1.82) is 0 Å². The average molecular weight is 265 g/mol. The van der Waals surface area contributed by atoms with Crippen molar-refractivity contribution in [1.82, 2.24) is 0 Å². The topological polar surface area (TPSA) is 38.7 Å². The Morgan fingerprint density at radius 3 is 3.12 bits per heavy atom. The molecule has 1 unspecified atom stereocenters. The number of fused-ring (bicyclic) bond motifs is 1. The Balaban J connectivity index is 1.77. The van der Waals surface area contributed by atoms with Gasteiger partial charge in [-0.05, 0) is 11.6 Å². The van der Waals surface area contributed by atoms with Gasteiger partial charge in [-0.15, -0.1) is 0 Å². The summed E-state index contributed by atoms with van der Waals surface area (Å²) in [5, 5.41) is -0.0634. The van der Waals surface area contributed by atoms with Gasteiger partial charge in [-0.1, -0.05) is 41.7 Å². The maximum atomic E-state index is 11.4. The normalized spacial score (nSPS) is 22.9. The molecule has 0 saturated carbocycles. The molecule has 3 nitrogen and oxygen atoms in total. The van der Waals surface area contributed by atoms with Crippen LogP contribution < -0.4 is 0 Å². The van der Waals surface area contributed by atoms with Gasteiger partial charge < -0.3 is 4.74 Å². The Bertz CT molecular complexity index is 487. The molecule has 0 N–H and O–H groups in total. The zero-order valence-corrected chi connectivity index (χ0v) is 10.7. The van der Waals surface area contributed by atoms with E-state index in [1.54, 1.807) is 11.8 Å². The van der Waals surface area contributed by atoms with Crippen molar-refractivity contribution >= 4 is 39.6 Å². The van der Waals surface area contributed by atoms with Crippen molar-refractivity contribution in [3.63, 3.8) is 0 Å². The second kappa shape index (κ2) is 4.74. The number of cyclic esters (lactones) is 1. The Morgan fingerprint density at radius 1 is 1.41 bits per heavy atom. The predicted octanol–water partition coefficient (Wildman–Crippen LogP) is 2.97. The molecule has 0 radical (unpaired) electrons. The van der Waals surface area contributed by atoms with Gasteiger partial charge in [0.2, 0.25) is 0 Å². The Kier molecular flexibility index (Phi) is 3.11. The lowest BCUT2D eigenvalue weighted by molar-refractivity contribution is -0.137. The minimum atomic E-state index is -0.0999. The molecule has 0 aromatic heterocycles. The first-order valence-corrected chi connectivity index (χ1v) is 7.32. The van der Waals surface area contributed by atoms with Crippen LogP contribution in [0.5, 0.6) is 0 Å². The average Bonchev–Trinajstić information content (AvgIpc) is 2.75. The monoisotopic (exact) mass is 265 g/mol. The fourth-order valence-corrected chi connectivity index (χ4v) is 4.03. The number of carbonyl (C=O) groups is 1. The molecule has 2 aliphatic heterocycles. The molecule has 0 amide bonds. The van der Waals surface area contributed by atoms with Crippen LogP contribution in [-0.4, -0.2) is 22.2 Å². The van der Waals surface area contributed by atoms with E-state index in [4.69, 9.17) is 4.74 Å². The smallest absolute Gasteiger partial charge is 0.319 e. The van der Waals surface area contributed by atoms with Gasteiger partial charge in [0.25, 0.3) is 0 Å². The Hall–Kier alpha value is -0.940. The summed E-state index contributed by atoms with van der Waals surface area (Å²) in [7, 11) is 0. The summed E-state index contributed by atoms with van der Waals surface area (Å²) in [6.45, 7) is 0.547. The van der Waals surface area contributed by atoms with Crippen molar-refractivity contribution in [2.75, 3.05) is 6.61 Å². The highest BCUT2D eigenvalue weighted by Crippen LogP contribution is 2.37. The third-order valence-electron chi connectivity index (χ3n) is 2.68. The minimum Gasteiger partial charge on any atom is -0.465 e. The molecule has 0 bridgehead atoms. The zero-order valence-electron chi connectivity index (χ0n) is 9.09. The van der Waals surface area contributed by atoms with Crippen molar-refractivity contribution in [2.24, 2.45) is 4.99 Å². The first-order valence-electron chi connectivity index (χ1n) is 5.45. The van der Waals surface area contributed by atoms with E-state index < -0.39 is 0 Å². The van der Waals surface area contributed by atoms with E-state index in [0.29, 0.717) is 6.61 Å². The van der Waals surface area contributed by atoms with Gasteiger partial charge in [0.05, 0.1) is 12.3 Å². The summed E-state index contributed by atoms with van der Waals surface area (Å²) in [5.41, 5.74) is 2.29. The third-order valence-corrected chi connectivity index (χ3v) is 5.13. The second-order valence-electron chi connectivity index (χ2n) is 3.86. The molecular weight excluding hydrogens is 254 g/mol. The van der Waals surface area contributed by atoms with Crippen molar-refractivity contribution in [3.8, 4) is 0 Å². The highest BCUT2D eigenvalue weighted by Gasteiger charge is 2.29. The maximum Gasteiger partial charge on any atom is 0.319 e. The number of benzene rings is 1. The molecule has 2 heterocycles. The first-order chi connectivity index (χ1) is 8.33. The fraction of sp³-hybridized carbons (Fsp3) is 0.333. The molecule has 1 fully saturated rings. The standard InChI is InChI=1S/C12H11NO2S2/c14-11-10(5-6-15-11)17-12-13-9-4-2-1-3-8(9)7-16-12/h1-4,10H,5-7H2. The highest BCUT2D eigenvalue weighted by atomic mass is 32.2. The maximum absolute atomic E-state index is 11.4. The summed E-state index contributed by atoms with van der Waals surface area (Å²) < 4.78 is 5.93. The molecule has 1 aromatic rings. The summed E-state index contributed by atoms with van der Waals surface area (Å²) in [4.78, 5) is 16.0. The number of ether oxygens (including phenoxy) is 1. The summed E-state index contributed by atoms with van der Waals surface area (Å²) in [6, 6.07) is 8.13. The highest BCUT2D eigenvalue weighted by molar-refractivity contribution is 8.39. The SMILES string of the molecule is O=C1OCCC1SC1=Nc2ccccc2CS1. The number of rotatable bonds is 1. The van der Waals surface area contributed by atoms with Crippen LogP contribution in [0.4, 0.5) is 5.69 Å². The fourth-order valence-electron chi connectivity index (χ4n) is 1.78. The number of para-hydroxylation sites is 1. The molecule has 1 atom stereocenters. The van der Waals surface area contributed by atoms with Crippen LogP contribution in [0.3, 0.4) is 0 Å². The van der Waals surface area contributed by atoms with Crippen LogP contribution >= 0.6 is 23.5 Å². The van der Waals surface area contributed by atoms with E-state index in [0.717, 1.165) is 22.2 Å². The van der Waals surface area contributed by atoms with Gasteiger partial charge in [-0.3, -0.25) is 4.79 Å². The minimum absolute atomic E-state index is 0.0634. The lowest BCUT2D eigenvalue weighted by Gasteiger charge is -2.15. The third kappa shape index (κ3) is 2.35. The van der Waals surface area contributed by atoms with Crippen molar-refractivity contribution < 1.29 is 9.53 Å². The van der Waals surface area contributed by atoms with Gasteiger partial charge >= 0.3 is 5.97 Å². The number of carbonyl (C=O) groups excluding carboxylic acids is 1. The largest absolute Gasteiger partial charge is 0.465 e. The van der Waals surface area contributed by atoms with Gasteiger partial charge in [-0.25, -0.2) is 4.99 Å². The van der Waals surface area contributed by atoms with Crippen LogP contribution in [0.1, 0.15) is 12.0 Å². The number of hydrogen-bond acceptors (Lipinski definition) is 5. The molecule has 5 heteroatoms. The number of nitrogens with zero attached hydrogens (tertiary/aromatic N) is 1. The predicted molar refractivity (Wildman–Crippen MR) is 71.8 cm³/mol. The number of aliphatic imine (C=N–C) groups is 1. The van der Waals surface area contributed by atoms with Gasteiger partial charge in [0.1, 0.15) is 9.63 Å². The van der Waals surface area contributed by atoms with Crippen LogP contribution in [0.15, 0.2) is 29.3 Å². The second-order valence-corrected chi connectivity index (χ2v) is 6.27. The molecule has 1 saturated heterocycles. The number of esters is 1.